The molecule has 0 aromatic carbocycles. The molecule has 0 aliphatic carbocycles. The Morgan fingerprint density at radius 3 is 1.56 bits per heavy atom. The molecule has 1 unspecified atom stereocenters. The minimum atomic E-state index is -4.65. The lowest BCUT2D eigenvalue weighted by molar-refractivity contribution is -0.870. The minimum absolute atomic E-state index is 0.0451. The molecule has 0 aliphatic heterocycles. The SMILES string of the molecule is CCCCCCCCCCCCCCCCCCCC(=O)O[C@H](COC(=O)CCC/C=C\C/C=C\C/C=C\C/C=C\CC[C@@H](O)CC)COP(=O)([O-])OCC[N+](C)(C)C. The van der Waals surface area contributed by atoms with Crippen LogP contribution in [0.5, 0.6) is 0 Å². The van der Waals surface area contributed by atoms with Crippen LogP contribution in [0.4, 0.5) is 0 Å². The normalized spacial score (nSPS) is 14.5. The number of aliphatic hydroxyl groups is 1. The fourth-order valence-electron chi connectivity index (χ4n) is 6.16. The van der Waals surface area contributed by atoms with Gasteiger partial charge in [-0.2, -0.15) is 0 Å². The van der Waals surface area contributed by atoms with Crippen molar-refractivity contribution < 1.29 is 47.2 Å². The van der Waals surface area contributed by atoms with Crippen molar-refractivity contribution in [3.05, 3.63) is 48.6 Å². The summed E-state index contributed by atoms with van der Waals surface area (Å²) < 4.78 is 33.9. The fourth-order valence-corrected chi connectivity index (χ4v) is 6.89. The van der Waals surface area contributed by atoms with E-state index in [0.29, 0.717) is 23.9 Å². The summed E-state index contributed by atoms with van der Waals surface area (Å²) in [7, 11) is 1.12. The number of aliphatic hydroxyl groups excluding tert-OH is 1. The van der Waals surface area contributed by atoms with Gasteiger partial charge in [-0.3, -0.25) is 14.2 Å². The Kier molecular flexibility index (Phi) is 38.6. The molecule has 0 aromatic heterocycles. The minimum Gasteiger partial charge on any atom is -0.756 e. The zero-order chi connectivity index (χ0) is 43.7. The molecule has 59 heavy (non-hydrogen) atoms. The van der Waals surface area contributed by atoms with E-state index in [1.54, 1.807) is 0 Å². The molecule has 11 heteroatoms. The van der Waals surface area contributed by atoms with Crippen LogP contribution in [-0.4, -0.2) is 81.2 Å². The quantitative estimate of drug-likeness (QED) is 0.0210. The van der Waals surface area contributed by atoms with Crippen LogP contribution in [0.15, 0.2) is 48.6 Å². The summed E-state index contributed by atoms with van der Waals surface area (Å²) in [5.74, 6) is -0.915. The van der Waals surface area contributed by atoms with Gasteiger partial charge in [0.05, 0.1) is 33.9 Å². The van der Waals surface area contributed by atoms with Gasteiger partial charge in [0, 0.05) is 12.8 Å². The van der Waals surface area contributed by atoms with E-state index in [1.165, 1.54) is 83.5 Å². The summed E-state index contributed by atoms with van der Waals surface area (Å²) in [4.78, 5) is 37.6. The van der Waals surface area contributed by atoms with Gasteiger partial charge in [-0.05, 0) is 57.8 Å². The number of phosphoric ester groups is 1. The van der Waals surface area contributed by atoms with Crippen molar-refractivity contribution >= 4 is 19.8 Å². The van der Waals surface area contributed by atoms with Crippen molar-refractivity contribution in [1.82, 2.24) is 0 Å². The van der Waals surface area contributed by atoms with Crippen molar-refractivity contribution in [2.24, 2.45) is 0 Å². The molecule has 0 heterocycles. The smallest absolute Gasteiger partial charge is 0.306 e. The third kappa shape index (κ3) is 43.8. The molecule has 0 rings (SSSR count). The second-order valence-corrected chi connectivity index (χ2v) is 18.3. The molecule has 3 atom stereocenters. The van der Waals surface area contributed by atoms with Gasteiger partial charge in [-0.25, -0.2) is 0 Å². The van der Waals surface area contributed by atoms with E-state index in [2.05, 4.69) is 49.5 Å². The second-order valence-electron chi connectivity index (χ2n) is 16.9. The third-order valence-corrected chi connectivity index (χ3v) is 11.0. The van der Waals surface area contributed by atoms with E-state index in [-0.39, 0.29) is 32.2 Å². The predicted molar refractivity (Wildman–Crippen MR) is 242 cm³/mol. The zero-order valence-electron chi connectivity index (χ0n) is 38.3. The van der Waals surface area contributed by atoms with Crippen molar-refractivity contribution in [3.63, 3.8) is 0 Å². The molecule has 0 radical (unpaired) electrons. The zero-order valence-corrected chi connectivity index (χ0v) is 39.2. The highest BCUT2D eigenvalue weighted by Crippen LogP contribution is 2.38. The number of likely N-dealkylation sites (N-methyl/N-ethyl adjacent to an activating group) is 1. The van der Waals surface area contributed by atoms with Crippen LogP contribution in [0.1, 0.15) is 187 Å². The first-order chi connectivity index (χ1) is 28.4. The van der Waals surface area contributed by atoms with E-state index in [9.17, 15) is 24.2 Å². The molecule has 0 amide bonds. The fraction of sp³-hybridized carbons (Fsp3) is 0.792. The second kappa shape index (κ2) is 40.0. The number of allylic oxidation sites excluding steroid dienone is 8. The monoisotopic (exact) mass is 854 g/mol. The van der Waals surface area contributed by atoms with E-state index < -0.39 is 32.5 Å². The van der Waals surface area contributed by atoms with Gasteiger partial charge < -0.3 is 33.0 Å². The van der Waals surface area contributed by atoms with Gasteiger partial charge in [0.1, 0.15) is 19.8 Å². The number of carbonyl (C=O) groups excluding carboxylic acids is 2. The first-order valence-corrected chi connectivity index (χ1v) is 24.9. The molecule has 10 nitrogen and oxygen atoms in total. The Balaban J connectivity index is 4.41. The Labute approximate surface area is 361 Å². The molecule has 1 N–H and O–H groups in total. The molecule has 0 aliphatic rings. The average Bonchev–Trinajstić information content (AvgIpc) is 3.19. The van der Waals surface area contributed by atoms with Crippen molar-refractivity contribution in [3.8, 4) is 0 Å². The van der Waals surface area contributed by atoms with Crippen LogP contribution in [-0.2, 0) is 32.7 Å². The van der Waals surface area contributed by atoms with E-state index in [1.807, 2.05) is 34.1 Å². The number of rotatable bonds is 42. The molecule has 0 bridgehead atoms. The van der Waals surface area contributed by atoms with Crippen molar-refractivity contribution in [1.29, 1.82) is 0 Å². The Bertz CT molecular complexity index is 1160. The largest absolute Gasteiger partial charge is 0.756 e. The summed E-state index contributed by atoms with van der Waals surface area (Å²) >= 11 is 0. The average molecular weight is 854 g/mol. The first-order valence-electron chi connectivity index (χ1n) is 23.4. The summed E-state index contributed by atoms with van der Waals surface area (Å²) in [5.41, 5.74) is 0. The third-order valence-electron chi connectivity index (χ3n) is 10.0. The van der Waals surface area contributed by atoms with Crippen LogP contribution >= 0.6 is 7.82 Å². The maximum absolute atomic E-state index is 12.7. The highest BCUT2D eigenvalue weighted by molar-refractivity contribution is 7.45. The summed E-state index contributed by atoms with van der Waals surface area (Å²) in [5, 5.41) is 9.57. The molecule has 0 saturated heterocycles. The van der Waals surface area contributed by atoms with Crippen LogP contribution in [0, 0.1) is 0 Å². The van der Waals surface area contributed by atoms with Crippen molar-refractivity contribution in [2.45, 2.75) is 199 Å². The lowest BCUT2D eigenvalue weighted by atomic mass is 10.0. The highest BCUT2D eigenvalue weighted by Gasteiger charge is 2.21. The number of hydrogen-bond donors (Lipinski definition) is 1. The molecule has 344 valence electrons. The molecular weight excluding hydrogens is 766 g/mol. The number of esters is 2. The van der Waals surface area contributed by atoms with Gasteiger partial charge in [0.25, 0.3) is 7.82 Å². The lowest BCUT2D eigenvalue weighted by Crippen LogP contribution is -2.37. The van der Waals surface area contributed by atoms with Gasteiger partial charge >= 0.3 is 11.9 Å². The maximum atomic E-state index is 12.7. The van der Waals surface area contributed by atoms with E-state index in [4.69, 9.17) is 18.5 Å². The van der Waals surface area contributed by atoms with Crippen LogP contribution in [0.2, 0.25) is 0 Å². The molecular formula is C48H88NO9P. The standard InChI is InChI=1S/C48H88NO9P/c1-6-8-9-10-11-12-13-14-15-16-17-22-25-28-31-34-37-40-48(52)58-46(44-57-59(53,54)56-42-41-49(3,4)5)43-55-47(51)39-36-33-30-27-24-21-19-18-20-23-26-29-32-35-38-45(50)7-2/h19-21,23,27,29-30,32,45-46,50H,6-18,22,24-26,28,31,33-44H2,1-5H3/b21-19-,23-20-,30-27-,32-29-/t45-,46+/m0/s1. The van der Waals surface area contributed by atoms with Gasteiger partial charge in [-0.1, -0.05) is 165 Å². The summed E-state index contributed by atoms with van der Waals surface area (Å²) in [6, 6.07) is 0. The molecule has 0 spiro atoms. The number of nitrogens with zero attached hydrogens (tertiary/aromatic N) is 1. The first kappa shape index (κ1) is 56.9. The van der Waals surface area contributed by atoms with Crippen LogP contribution in [0.3, 0.4) is 0 Å². The Morgan fingerprint density at radius 1 is 0.610 bits per heavy atom. The number of carbonyl (C=O) groups is 2. The van der Waals surface area contributed by atoms with Gasteiger partial charge in [0.2, 0.25) is 0 Å². The predicted octanol–water partition coefficient (Wildman–Crippen LogP) is 11.8. The summed E-state index contributed by atoms with van der Waals surface area (Å²) in [6.45, 7) is 3.89. The highest BCUT2D eigenvalue weighted by atomic mass is 31.2. The number of unbranched alkanes of at least 4 members (excludes halogenated alkanes) is 17. The number of quaternary nitrogens is 1. The lowest BCUT2D eigenvalue weighted by Gasteiger charge is -2.28. The van der Waals surface area contributed by atoms with E-state index in [0.717, 1.165) is 64.2 Å². The van der Waals surface area contributed by atoms with Crippen molar-refractivity contribution in [2.75, 3.05) is 47.5 Å². The van der Waals surface area contributed by atoms with Gasteiger partial charge in [-0.15, -0.1) is 0 Å². The van der Waals surface area contributed by atoms with Gasteiger partial charge in [0.15, 0.2) is 6.10 Å². The van der Waals surface area contributed by atoms with Crippen LogP contribution < -0.4 is 4.89 Å². The van der Waals surface area contributed by atoms with E-state index >= 15 is 0 Å². The van der Waals surface area contributed by atoms with Crippen LogP contribution in [0.25, 0.3) is 0 Å². The topological polar surface area (TPSA) is 131 Å². The maximum Gasteiger partial charge on any atom is 0.306 e. The summed E-state index contributed by atoms with van der Waals surface area (Å²) in [6.07, 6.45) is 43.7. The molecule has 0 fully saturated rings. The number of hydrogen-bond acceptors (Lipinski definition) is 9. The Morgan fingerprint density at radius 2 is 1.07 bits per heavy atom. The number of ether oxygens (including phenoxy) is 2. The number of phosphoric acid groups is 1. The molecule has 0 saturated carbocycles. The molecule has 0 aromatic rings. The Hall–Kier alpha value is -2.07.